The molecule has 2 heterocycles. The first-order valence-electron chi connectivity index (χ1n) is 7.23. The molecule has 1 aliphatic rings. The summed E-state index contributed by atoms with van der Waals surface area (Å²) >= 11 is 0. The standard InChI is InChI=1S/C18H13FN2O2/c19-12-7-5-11(6-8-12)15-9-10-16(23-15)17-20-14-4-2-1-3-13(14)18(22)21-17/h1-10,17,20H,(H,21,22)/t17-/m1/s1. The molecule has 0 spiro atoms. The van der Waals surface area contributed by atoms with Crippen LogP contribution in [0.1, 0.15) is 22.3 Å². The van der Waals surface area contributed by atoms with Gasteiger partial charge in [0.2, 0.25) is 0 Å². The Labute approximate surface area is 131 Å². The van der Waals surface area contributed by atoms with Crippen molar-refractivity contribution >= 4 is 11.6 Å². The zero-order valence-corrected chi connectivity index (χ0v) is 12.0. The van der Waals surface area contributed by atoms with Crippen LogP contribution in [0.25, 0.3) is 11.3 Å². The van der Waals surface area contributed by atoms with E-state index in [4.69, 9.17) is 4.42 Å². The van der Waals surface area contributed by atoms with Gasteiger partial charge in [-0.2, -0.15) is 0 Å². The van der Waals surface area contributed by atoms with Crippen LogP contribution >= 0.6 is 0 Å². The monoisotopic (exact) mass is 308 g/mol. The number of rotatable bonds is 2. The highest BCUT2D eigenvalue weighted by Gasteiger charge is 2.26. The number of amides is 1. The first kappa shape index (κ1) is 13.6. The summed E-state index contributed by atoms with van der Waals surface area (Å²) in [7, 11) is 0. The number of para-hydroxylation sites is 1. The summed E-state index contributed by atoms with van der Waals surface area (Å²) < 4.78 is 18.8. The fraction of sp³-hybridized carbons (Fsp3) is 0.0556. The number of fused-ring (bicyclic) bond motifs is 1. The van der Waals surface area contributed by atoms with Crippen molar-refractivity contribution in [2.75, 3.05) is 5.32 Å². The van der Waals surface area contributed by atoms with Gasteiger partial charge >= 0.3 is 0 Å². The molecule has 4 rings (SSSR count). The molecular weight excluding hydrogens is 295 g/mol. The lowest BCUT2D eigenvalue weighted by molar-refractivity contribution is 0.0931. The first-order chi connectivity index (χ1) is 11.2. The van der Waals surface area contributed by atoms with Gasteiger partial charge in [-0.1, -0.05) is 12.1 Å². The van der Waals surface area contributed by atoms with Crippen molar-refractivity contribution in [3.8, 4) is 11.3 Å². The van der Waals surface area contributed by atoms with E-state index in [1.165, 1.54) is 12.1 Å². The summed E-state index contributed by atoms with van der Waals surface area (Å²) in [6.45, 7) is 0. The number of nitrogens with one attached hydrogen (secondary N) is 2. The van der Waals surface area contributed by atoms with Crippen LogP contribution in [0.4, 0.5) is 10.1 Å². The number of carbonyl (C=O) groups is 1. The minimum absolute atomic E-state index is 0.149. The number of anilines is 1. The van der Waals surface area contributed by atoms with E-state index in [1.807, 2.05) is 18.2 Å². The van der Waals surface area contributed by atoms with E-state index < -0.39 is 6.17 Å². The van der Waals surface area contributed by atoms with Crippen molar-refractivity contribution in [2.45, 2.75) is 6.17 Å². The van der Waals surface area contributed by atoms with Gasteiger partial charge in [0, 0.05) is 11.3 Å². The number of carbonyl (C=O) groups excluding carboxylic acids is 1. The Balaban J connectivity index is 1.63. The molecule has 1 aliphatic heterocycles. The van der Waals surface area contributed by atoms with Gasteiger partial charge in [0.15, 0.2) is 6.17 Å². The van der Waals surface area contributed by atoms with Crippen molar-refractivity contribution < 1.29 is 13.6 Å². The van der Waals surface area contributed by atoms with Crippen LogP contribution in [0.5, 0.6) is 0 Å². The molecule has 2 aromatic carbocycles. The molecule has 1 atom stereocenters. The van der Waals surface area contributed by atoms with E-state index >= 15 is 0 Å². The quantitative estimate of drug-likeness (QED) is 0.754. The molecule has 23 heavy (non-hydrogen) atoms. The zero-order chi connectivity index (χ0) is 15.8. The van der Waals surface area contributed by atoms with Crippen molar-refractivity contribution in [1.82, 2.24) is 5.32 Å². The smallest absolute Gasteiger partial charge is 0.255 e. The molecule has 3 aromatic rings. The maximum Gasteiger partial charge on any atom is 0.255 e. The molecule has 0 fully saturated rings. The molecule has 0 saturated heterocycles. The van der Waals surface area contributed by atoms with E-state index in [2.05, 4.69) is 10.6 Å². The minimum Gasteiger partial charge on any atom is -0.457 e. The largest absolute Gasteiger partial charge is 0.457 e. The van der Waals surface area contributed by atoms with E-state index in [0.29, 0.717) is 17.1 Å². The summed E-state index contributed by atoms with van der Waals surface area (Å²) in [6.07, 6.45) is -0.438. The van der Waals surface area contributed by atoms with Crippen molar-refractivity contribution in [2.24, 2.45) is 0 Å². The molecule has 0 radical (unpaired) electrons. The molecule has 1 amide bonds. The van der Waals surface area contributed by atoms with E-state index in [1.54, 1.807) is 30.3 Å². The van der Waals surface area contributed by atoms with E-state index in [9.17, 15) is 9.18 Å². The van der Waals surface area contributed by atoms with Gasteiger partial charge in [0.05, 0.1) is 5.56 Å². The third-order valence-corrected chi connectivity index (χ3v) is 3.79. The van der Waals surface area contributed by atoms with Crippen LogP contribution in [0.2, 0.25) is 0 Å². The van der Waals surface area contributed by atoms with Gasteiger partial charge < -0.3 is 15.1 Å². The Kier molecular flexibility index (Phi) is 3.12. The number of hydrogen-bond donors (Lipinski definition) is 2. The SMILES string of the molecule is O=C1N[C@H](c2ccc(-c3ccc(F)cc3)o2)Nc2ccccc21. The molecule has 1 aromatic heterocycles. The van der Waals surface area contributed by atoms with E-state index in [0.717, 1.165) is 11.3 Å². The number of halogens is 1. The van der Waals surface area contributed by atoms with Crippen LogP contribution in [0.3, 0.4) is 0 Å². The highest BCUT2D eigenvalue weighted by atomic mass is 19.1. The summed E-state index contributed by atoms with van der Waals surface area (Å²) in [6, 6.07) is 17.0. The summed E-state index contributed by atoms with van der Waals surface area (Å²) in [5, 5.41) is 6.09. The van der Waals surface area contributed by atoms with Crippen LogP contribution in [-0.2, 0) is 0 Å². The molecule has 4 nitrogen and oxygen atoms in total. The van der Waals surface area contributed by atoms with Gasteiger partial charge in [-0.3, -0.25) is 4.79 Å². The van der Waals surface area contributed by atoms with Gasteiger partial charge in [-0.05, 0) is 48.5 Å². The van der Waals surface area contributed by atoms with Gasteiger partial charge in [-0.25, -0.2) is 4.39 Å². The molecular formula is C18H13FN2O2. The van der Waals surface area contributed by atoms with Crippen LogP contribution in [0.15, 0.2) is 65.1 Å². The second-order valence-electron chi connectivity index (χ2n) is 5.31. The molecule has 0 bridgehead atoms. The second-order valence-corrected chi connectivity index (χ2v) is 5.31. The van der Waals surface area contributed by atoms with Gasteiger partial charge in [-0.15, -0.1) is 0 Å². The average molecular weight is 308 g/mol. The highest BCUT2D eigenvalue weighted by molar-refractivity contribution is 6.01. The molecule has 0 unspecified atom stereocenters. The molecule has 0 aliphatic carbocycles. The summed E-state index contributed by atoms with van der Waals surface area (Å²) in [5.74, 6) is 0.768. The van der Waals surface area contributed by atoms with Crippen molar-refractivity contribution in [3.63, 3.8) is 0 Å². The lowest BCUT2D eigenvalue weighted by Crippen LogP contribution is -2.38. The Bertz CT molecular complexity index is 871. The normalized spacial score (nSPS) is 16.4. The summed E-state index contributed by atoms with van der Waals surface area (Å²) in [5.41, 5.74) is 2.15. The molecule has 114 valence electrons. The van der Waals surface area contributed by atoms with Crippen molar-refractivity contribution in [1.29, 1.82) is 0 Å². The maximum absolute atomic E-state index is 13.0. The van der Waals surface area contributed by atoms with E-state index in [-0.39, 0.29) is 11.7 Å². The fourth-order valence-corrected chi connectivity index (χ4v) is 2.63. The first-order valence-corrected chi connectivity index (χ1v) is 7.23. The van der Waals surface area contributed by atoms with Crippen LogP contribution in [-0.4, -0.2) is 5.91 Å². The Morgan fingerprint density at radius 2 is 1.70 bits per heavy atom. The van der Waals surface area contributed by atoms with Crippen LogP contribution in [0, 0.1) is 5.82 Å². The Morgan fingerprint density at radius 1 is 0.913 bits per heavy atom. The predicted molar refractivity (Wildman–Crippen MR) is 84.4 cm³/mol. The molecule has 5 heteroatoms. The molecule has 0 saturated carbocycles. The third kappa shape index (κ3) is 2.46. The average Bonchev–Trinajstić information content (AvgIpc) is 3.05. The number of furan rings is 1. The second kappa shape index (κ2) is 5.28. The van der Waals surface area contributed by atoms with Gasteiger partial charge in [0.1, 0.15) is 17.3 Å². The topological polar surface area (TPSA) is 54.3 Å². The maximum atomic E-state index is 13.0. The van der Waals surface area contributed by atoms with Crippen LogP contribution < -0.4 is 10.6 Å². The fourth-order valence-electron chi connectivity index (χ4n) is 2.63. The van der Waals surface area contributed by atoms with Crippen molar-refractivity contribution in [3.05, 3.63) is 77.8 Å². The van der Waals surface area contributed by atoms with Gasteiger partial charge in [0.25, 0.3) is 5.91 Å². The molecule has 2 N–H and O–H groups in total. The Morgan fingerprint density at radius 3 is 2.52 bits per heavy atom. The number of benzene rings is 2. The number of hydrogen-bond acceptors (Lipinski definition) is 3. The summed E-state index contributed by atoms with van der Waals surface area (Å²) in [4.78, 5) is 12.1. The zero-order valence-electron chi connectivity index (χ0n) is 12.0. The lowest BCUT2D eigenvalue weighted by atomic mass is 10.1. The third-order valence-electron chi connectivity index (χ3n) is 3.79. The minimum atomic E-state index is -0.438. The highest BCUT2D eigenvalue weighted by Crippen LogP contribution is 2.30. The lowest BCUT2D eigenvalue weighted by Gasteiger charge is -2.26. The predicted octanol–water partition coefficient (Wildman–Crippen LogP) is 3.94. The Hall–Kier alpha value is -3.08.